The van der Waals surface area contributed by atoms with Gasteiger partial charge in [-0.3, -0.25) is 4.98 Å². The number of fused-ring (bicyclic) bond motifs is 4. The Bertz CT molecular complexity index is 542. The first-order chi connectivity index (χ1) is 8.54. The van der Waals surface area contributed by atoms with Crippen molar-refractivity contribution in [2.75, 3.05) is 0 Å². The molecule has 0 aromatic carbocycles. The summed E-state index contributed by atoms with van der Waals surface area (Å²) in [6.07, 6.45) is 0.358. The molecule has 0 saturated heterocycles. The highest BCUT2D eigenvalue weighted by Gasteiger charge is 2.48. The Labute approximate surface area is 102 Å². The van der Waals surface area contributed by atoms with Crippen LogP contribution in [0.1, 0.15) is 59.9 Å². The molecule has 0 bridgehead atoms. The van der Waals surface area contributed by atoms with Gasteiger partial charge >= 0.3 is 6.18 Å². The SMILES string of the molecule is N#Cc1cnc2c(c1C(F)(F)F)C1CCCCC21. The van der Waals surface area contributed by atoms with Crippen molar-refractivity contribution in [3.8, 4) is 6.07 Å². The van der Waals surface area contributed by atoms with Gasteiger partial charge in [0.2, 0.25) is 0 Å². The van der Waals surface area contributed by atoms with Gasteiger partial charge in [-0.05, 0) is 24.3 Å². The van der Waals surface area contributed by atoms with E-state index in [1.807, 2.05) is 0 Å². The number of nitriles is 1. The highest BCUT2D eigenvalue weighted by molar-refractivity contribution is 5.54. The molecule has 0 aliphatic heterocycles. The summed E-state index contributed by atoms with van der Waals surface area (Å²) in [6.45, 7) is 0. The summed E-state index contributed by atoms with van der Waals surface area (Å²) in [5.74, 6) is 0.147. The summed E-state index contributed by atoms with van der Waals surface area (Å²) in [4.78, 5) is 4.07. The number of rotatable bonds is 0. The van der Waals surface area contributed by atoms with Crippen molar-refractivity contribution < 1.29 is 13.2 Å². The minimum absolute atomic E-state index is 0.0359. The largest absolute Gasteiger partial charge is 0.418 e. The zero-order valence-corrected chi connectivity index (χ0v) is 9.59. The Kier molecular flexibility index (Phi) is 2.37. The second-order valence-corrected chi connectivity index (χ2v) is 4.95. The lowest BCUT2D eigenvalue weighted by Gasteiger charge is -2.43. The van der Waals surface area contributed by atoms with Gasteiger partial charge in [0.1, 0.15) is 6.07 Å². The van der Waals surface area contributed by atoms with E-state index in [0.29, 0.717) is 11.3 Å². The lowest BCUT2D eigenvalue weighted by atomic mass is 9.62. The van der Waals surface area contributed by atoms with Crippen molar-refractivity contribution in [1.82, 2.24) is 4.98 Å². The first kappa shape index (κ1) is 11.5. The highest BCUT2D eigenvalue weighted by atomic mass is 19.4. The fraction of sp³-hybridized carbons (Fsp3) is 0.538. The highest BCUT2D eigenvalue weighted by Crippen LogP contribution is 2.57. The van der Waals surface area contributed by atoms with Gasteiger partial charge in [-0.1, -0.05) is 12.8 Å². The van der Waals surface area contributed by atoms with Crippen LogP contribution < -0.4 is 0 Å². The maximum absolute atomic E-state index is 13.1. The predicted octanol–water partition coefficient (Wildman–Crippen LogP) is 3.73. The standard InChI is InChI=1S/C13H11F3N2/c14-13(15,16)11-7(5-17)6-18-12-9-4-2-1-3-8(9)10(11)12/h6,8-9H,1-4H2. The van der Waals surface area contributed by atoms with Gasteiger partial charge in [-0.2, -0.15) is 18.4 Å². The number of aromatic nitrogens is 1. The van der Waals surface area contributed by atoms with Crippen LogP contribution in [0.4, 0.5) is 13.2 Å². The molecule has 0 spiro atoms. The maximum atomic E-state index is 13.1. The molecule has 1 saturated carbocycles. The van der Waals surface area contributed by atoms with Gasteiger partial charge in [-0.25, -0.2) is 0 Å². The zero-order valence-electron chi connectivity index (χ0n) is 9.59. The Morgan fingerprint density at radius 2 is 1.89 bits per heavy atom. The second kappa shape index (κ2) is 3.71. The van der Waals surface area contributed by atoms with Crippen molar-refractivity contribution in [1.29, 1.82) is 5.26 Å². The van der Waals surface area contributed by atoms with E-state index in [9.17, 15) is 13.2 Å². The third-order valence-electron chi connectivity index (χ3n) is 4.04. The summed E-state index contributed by atoms with van der Waals surface area (Å²) in [5, 5.41) is 8.83. The molecule has 2 nitrogen and oxygen atoms in total. The van der Waals surface area contributed by atoms with Crippen molar-refractivity contribution in [2.24, 2.45) is 0 Å². The molecule has 2 unspecified atom stereocenters. The molecular weight excluding hydrogens is 241 g/mol. The zero-order chi connectivity index (χ0) is 12.9. The minimum atomic E-state index is -4.46. The van der Waals surface area contributed by atoms with Crippen LogP contribution in [-0.2, 0) is 6.18 Å². The monoisotopic (exact) mass is 252 g/mol. The van der Waals surface area contributed by atoms with E-state index < -0.39 is 11.7 Å². The van der Waals surface area contributed by atoms with Crippen LogP contribution in [0.3, 0.4) is 0 Å². The number of hydrogen-bond acceptors (Lipinski definition) is 2. The Morgan fingerprint density at radius 1 is 1.22 bits per heavy atom. The van der Waals surface area contributed by atoms with Crippen molar-refractivity contribution in [3.63, 3.8) is 0 Å². The molecule has 1 fully saturated rings. The molecule has 94 valence electrons. The number of hydrogen-bond donors (Lipinski definition) is 0. The van der Waals surface area contributed by atoms with Gasteiger partial charge in [0.05, 0.1) is 11.1 Å². The summed E-state index contributed by atoms with van der Waals surface area (Å²) in [5.41, 5.74) is -0.208. The molecule has 2 aliphatic carbocycles. The molecule has 0 N–H and O–H groups in total. The number of alkyl halides is 3. The first-order valence-corrected chi connectivity index (χ1v) is 6.04. The maximum Gasteiger partial charge on any atom is 0.418 e. The van der Waals surface area contributed by atoms with Crippen LogP contribution >= 0.6 is 0 Å². The van der Waals surface area contributed by atoms with Crippen molar-refractivity contribution in [3.05, 3.63) is 28.6 Å². The number of halogens is 3. The second-order valence-electron chi connectivity index (χ2n) is 4.95. The Morgan fingerprint density at radius 3 is 2.50 bits per heavy atom. The van der Waals surface area contributed by atoms with Crippen LogP contribution in [0, 0.1) is 11.3 Å². The first-order valence-electron chi connectivity index (χ1n) is 6.04. The van der Waals surface area contributed by atoms with E-state index in [-0.39, 0.29) is 17.4 Å². The average Bonchev–Trinajstić information content (AvgIpc) is 2.33. The third-order valence-corrected chi connectivity index (χ3v) is 4.04. The average molecular weight is 252 g/mol. The van der Waals surface area contributed by atoms with Gasteiger partial charge in [-0.15, -0.1) is 0 Å². The summed E-state index contributed by atoms with van der Waals surface area (Å²) < 4.78 is 39.3. The van der Waals surface area contributed by atoms with Gasteiger partial charge in [0.25, 0.3) is 0 Å². The topological polar surface area (TPSA) is 36.7 Å². The minimum Gasteiger partial charge on any atom is -0.259 e. The molecule has 1 aromatic rings. The molecular formula is C13H11F3N2. The normalized spacial score (nSPS) is 25.7. The molecule has 2 aliphatic rings. The summed E-state index contributed by atoms with van der Waals surface area (Å²) in [6, 6.07) is 1.62. The summed E-state index contributed by atoms with van der Waals surface area (Å²) in [7, 11) is 0. The van der Waals surface area contributed by atoms with Gasteiger partial charge in [0, 0.05) is 17.8 Å². The summed E-state index contributed by atoms with van der Waals surface area (Å²) >= 11 is 0. The molecule has 18 heavy (non-hydrogen) atoms. The van der Waals surface area contributed by atoms with E-state index in [1.165, 1.54) is 0 Å². The van der Waals surface area contributed by atoms with E-state index in [0.717, 1.165) is 31.9 Å². The quantitative estimate of drug-likeness (QED) is 0.705. The third kappa shape index (κ3) is 1.45. The van der Waals surface area contributed by atoms with Crippen LogP contribution in [0.5, 0.6) is 0 Å². The molecule has 0 radical (unpaired) electrons. The molecule has 5 heteroatoms. The fourth-order valence-electron chi connectivity index (χ4n) is 3.31. The number of nitrogens with zero attached hydrogens (tertiary/aromatic N) is 2. The lowest BCUT2D eigenvalue weighted by Crippen LogP contribution is -2.33. The van der Waals surface area contributed by atoms with Crippen LogP contribution in [-0.4, -0.2) is 4.98 Å². The van der Waals surface area contributed by atoms with Crippen LogP contribution in [0.25, 0.3) is 0 Å². The van der Waals surface area contributed by atoms with E-state index in [2.05, 4.69) is 4.98 Å². The van der Waals surface area contributed by atoms with E-state index >= 15 is 0 Å². The molecule has 0 amide bonds. The fourth-order valence-corrected chi connectivity index (χ4v) is 3.31. The molecule has 2 atom stereocenters. The predicted molar refractivity (Wildman–Crippen MR) is 57.9 cm³/mol. The van der Waals surface area contributed by atoms with Gasteiger partial charge < -0.3 is 0 Å². The van der Waals surface area contributed by atoms with Crippen molar-refractivity contribution in [2.45, 2.75) is 43.7 Å². The Hall–Kier alpha value is -1.57. The molecule has 1 aromatic heterocycles. The Balaban J connectivity index is 2.19. The van der Waals surface area contributed by atoms with Gasteiger partial charge in [0.15, 0.2) is 0 Å². The lowest BCUT2D eigenvalue weighted by molar-refractivity contribution is -0.139. The van der Waals surface area contributed by atoms with Crippen LogP contribution in [0.2, 0.25) is 0 Å². The van der Waals surface area contributed by atoms with E-state index in [4.69, 9.17) is 5.26 Å². The molecule has 3 rings (SSSR count). The molecule has 1 heterocycles. The smallest absolute Gasteiger partial charge is 0.259 e. The van der Waals surface area contributed by atoms with Crippen molar-refractivity contribution >= 4 is 0 Å². The van der Waals surface area contributed by atoms with Crippen LogP contribution in [0.15, 0.2) is 6.20 Å². The van der Waals surface area contributed by atoms with E-state index in [1.54, 1.807) is 6.07 Å². The number of pyridine rings is 1.